The van der Waals surface area contributed by atoms with Gasteiger partial charge in [0.25, 0.3) is 6.47 Å². The molecule has 0 bridgehead atoms. The monoisotopic (exact) mass is 797 g/mol. The number of anilines is 1. The van der Waals surface area contributed by atoms with Crippen molar-refractivity contribution < 1.29 is 47.5 Å². The van der Waals surface area contributed by atoms with Gasteiger partial charge in [0.2, 0.25) is 0 Å². The van der Waals surface area contributed by atoms with Crippen molar-refractivity contribution in [2.45, 2.75) is 59.7 Å². The van der Waals surface area contributed by atoms with Gasteiger partial charge in [0.05, 0.1) is 84.5 Å². The summed E-state index contributed by atoms with van der Waals surface area (Å²) in [6, 6.07) is 18.5. The Morgan fingerprint density at radius 2 is 1.33 bits per heavy atom. The maximum atomic E-state index is 12.5. The fourth-order valence-electron chi connectivity index (χ4n) is 5.51. The number of ether oxygens (including phenoxy) is 7. The standard InChI is InChI=1S/C38H53N5O8.C2H4O2.C2H6/c1-29-8-6-9-32(39-29)28-42-16-20-47-24-26-49-22-18-43(19-23-50-27-25-48-21-17-42)35(33-10-7-11-34(41-33)36(44)46-5)30-12-14-31(15-13-30)40-37(45)51-38(2,3)4;1-4-2-3;1-2/h6-15,35H,16-28H2,1-5H3,(H,40,45);2H,1H3;1-2H3. The molecule has 15 nitrogen and oxygen atoms in total. The molecule has 0 radical (unpaired) electrons. The Bertz CT molecular complexity index is 1550. The minimum absolute atomic E-state index is 0.208. The van der Waals surface area contributed by atoms with Gasteiger partial charge in [-0.15, -0.1) is 0 Å². The highest BCUT2D eigenvalue weighted by molar-refractivity contribution is 5.87. The molecule has 1 atom stereocenters. The third-order valence-corrected chi connectivity index (χ3v) is 8.00. The highest BCUT2D eigenvalue weighted by atomic mass is 16.6. The first-order valence-corrected chi connectivity index (χ1v) is 19.3. The Hall–Kier alpha value is -4.51. The summed E-state index contributed by atoms with van der Waals surface area (Å²) in [5.41, 5.74) is 3.75. The van der Waals surface area contributed by atoms with Crippen LogP contribution in [0.5, 0.6) is 0 Å². The lowest BCUT2D eigenvalue weighted by molar-refractivity contribution is -0.126. The summed E-state index contributed by atoms with van der Waals surface area (Å²) in [6.45, 7) is 18.9. The summed E-state index contributed by atoms with van der Waals surface area (Å²) >= 11 is 0. The van der Waals surface area contributed by atoms with E-state index < -0.39 is 17.7 Å². The van der Waals surface area contributed by atoms with Gasteiger partial charge >= 0.3 is 12.1 Å². The van der Waals surface area contributed by atoms with E-state index in [4.69, 9.17) is 38.2 Å². The second-order valence-corrected chi connectivity index (χ2v) is 13.5. The smallest absolute Gasteiger partial charge is 0.412 e. The predicted octanol–water partition coefficient (Wildman–Crippen LogP) is 5.71. The van der Waals surface area contributed by atoms with E-state index in [0.29, 0.717) is 83.8 Å². The lowest BCUT2D eigenvalue weighted by atomic mass is 10.00. The van der Waals surface area contributed by atoms with Crippen molar-refractivity contribution in [3.8, 4) is 0 Å². The molecule has 316 valence electrons. The number of esters is 1. The fourth-order valence-corrected chi connectivity index (χ4v) is 5.51. The predicted molar refractivity (Wildman–Crippen MR) is 217 cm³/mol. The number of nitrogens with one attached hydrogen (secondary N) is 1. The number of nitrogens with zero attached hydrogens (tertiary/aromatic N) is 4. The first kappa shape index (κ1) is 48.6. The number of hydrogen-bond acceptors (Lipinski definition) is 14. The molecule has 1 saturated heterocycles. The van der Waals surface area contributed by atoms with Crippen molar-refractivity contribution in [1.29, 1.82) is 0 Å². The normalized spacial score (nSPS) is 16.1. The van der Waals surface area contributed by atoms with Gasteiger partial charge < -0.3 is 33.2 Å². The van der Waals surface area contributed by atoms with E-state index in [0.717, 1.165) is 36.6 Å². The summed E-state index contributed by atoms with van der Waals surface area (Å²) in [5, 5.41) is 2.79. The number of carbonyl (C=O) groups is 3. The van der Waals surface area contributed by atoms with Gasteiger partial charge in [-0.1, -0.05) is 38.1 Å². The second-order valence-electron chi connectivity index (χ2n) is 13.5. The van der Waals surface area contributed by atoms with Crippen molar-refractivity contribution in [2.24, 2.45) is 0 Å². The van der Waals surface area contributed by atoms with E-state index in [1.807, 2.05) is 90.1 Å². The van der Waals surface area contributed by atoms with Gasteiger partial charge in [0.1, 0.15) is 11.3 Å². The summed E-state index contributed by atoms with van der Waals surface area (Å²) in [4.78, 5) is 47.7. The molecule has 3 aromatic rings. The molecule has 4 rings (SSSR count). The maximum absolute atomic E-state index is 12.5. The summed E-state index contributed by atoms with van der Waals surface area (Å²) in [6.07, 6.45) is -0.536. The average molecular weight is 798 g/mol. The van der Waals surface area contributed by atoms with Crippen molar-refractivity contribution in [3.63, 3.8) is 0 Å². The summed E-state index contributed by atoms with van der Waals surface area (Å²) < 4.78 is 38.2. The van der Waals surface area contributed by atoms with Crippen LogP contribution in [0.25, 0.3) is 0 Å². The minimum atomic E-state index is -0.620. The molecular weight excluding hydrogens is 734 g/mol. The molecule has 15 heteroatoms. The molecule has 1 aliphatic heterocycles. The van der Waals surface area contributed by atoms with Crippen LogP contribution in [-0.4, -0.2) is 137 Å². The number of aromatic nitrogens is 2. The van der Waals surface area contributed by atoms with Crippen molar-refractivity contribution >= 4 is 24.2 Å². The number of hydrogen-bond donors (Lipinski definition) is 1. The number of benzene rings is 1. The number of amides is 1. The van der Waals surface area contributed by atoms with E-state index >= 15 is 0 Å². The number of aryl methyl sites for hydroxylation is 1. The molecule has 2 aromatic heterocycles. The van der Waals surface area contributed by atoms with Crippen LogP contribution in [0.2, 0.25) is 0 Å². The van der Waals surface area contributed by atoms with Crippen LogP contribution in [0.1, 0.15) is 73.8 Å². The zero-order chi connectivity index (χ0) is 41.9. The van der Waals surface area contributed by atoms with Crippen LogP contribution in [0, 0.1) is 6.92 Å². The van der Waals surface area contributed by atoms with E-state index in [9.17, 15) is 9.59 Å². The van der Waals surface area contributed by atoms with E-state index in [1.165, 1.54) is 14.2 Å². The van der Waals surface area contributed by atoms with E-state index in [1.54, 1.807) is 12.1 Å². The maximum Gasteiger partial charge on any atom is 0.412 e. The Morgan fingerprint density at radius 3 is 1.84 bits per heavy atom. The number of pyridine rings is 2. The van der Waals surface area contributed by atoms with Gasteiger partial charge in [0.15, 0.2) is 0 Å². The first-order valence-electron chi connectivity index (χ1n) is 19.3. The van der Waals surface area contributed by atoms with Crippen molar-refractivity contribution in [3.05, 3.63) is 89.0 Å². The minimum Gasteiger partial charge on any atom is -0.471 e. The Balaban J connectivity index is 0.00000175. The van der Waals surface area contributed by atoms with E-state index in [-0.39, 0.29) is 11.7 Å². The Morgan fingerprint density at radius 1 is 0.789 bits per heavy atom. The molecule has 0 saturated carbocycles. The SMILES string of the molecule is CC.COC(=O)c1cccc(C(c2ccc(NC(=O)OC(C)(C)C)cc2)N2CCOCCOCCN(Cc3cccc(C)n3)CCOCCOCC2)n1.COC=O. The van der Waals surface area contributed by atoms with Gasteiger partial charge in [-0.2, -0.15) is 0 Å². The third-order valence-electron chi connectivity index (χ3n) is 8.00. The Kier molecular flexibility index (Phi) is 23.9. The van der Waals surface area contributed by atoms with Crippen LogP contribution in [0.15, 0.2) is 60.7 Å². The molecule has 1 unspecified atom stereocenters. The van der Waals surface area contributed by atoms with Crippen molar-refractivity contribution in [1.82, 2.24) is 19.8 Å². The summed E-state index contributed by atoms with van der Waals surface area (Å²) in [5.74, 6) is -0.520. The lowest BCUT2D eigenvalue weighted by Crippen LogP contribution is -2.36. The molecule has 1 amide bonds. The lowest BCUT2D eigenvalue weighted by Gasteiger charge is -2.32. The molecule has 1 fully saturated rings. The van der Waals surface area contributed by atoms with Gasteiger partial charge in [-0.25, -0.2) is 14.6 Å². The van der Waals surface area contributed by atoms with Gasteiger partial charge in [-0.3, -0.25) is 24.9 Å². The highest BCUT2D eigenvalue weighted by Crippen LogP contribution is 2.29. The van der Waals surface area contributed by atoms with Gasteiger partial charge in [-0.05, 0) is 69.7 Å². The number of methoxy groups -OCH3 is 2. The molecule has 3 heterocycles. The molecule has 57 heavy (non-hydrogen) atoms. The first-order chi connectivity index (χ1) is 27.5. The second kappa shape index (κ2) is 28.0. The van der Waals surface area contributed by atoms with Crippen LogP contribution in [0.3, 0.4) is 0 Å². The number of carbonyl (C=O) groups excluding carboxylic acids is 3. The quantitative estimate of drug-likeness (QED) is 0.168. The number of rotatable bonds is 8. The molecule has 1 aromatic carbocycles. The zero-order valence-electron chi connectivity index (χ0n) is 35.0. The molecule has 1 aliphatic rings. The van der Waals surface area contributed by atoms with Crippen LogP contribution in [-0.2, 0) is 44.5 Å². The molecule has 1 N–H and O–H groups in total. The third kappa shape index (κ3) is 20.0. The van der Waals surface area contributed by atoms with Crippen molar-refractivity contribution in [2.75, 3.05) is 98.6 Å². The zero-order valence-corrected chi connectivity index (χ0v) is 35.0. The topological polar surface area (TPSA) is 160 Å². The average Bonchev–Trinajstić information content (AvgIpc) is 3.19. The molecule has 0 spiro atoms. The Labute approximate surface area is 338 Å². The fraction of sp³-hybridized carbons (Fsp3) is 0.548. The van der Waals surface area contributed by atoms with Crippen LogP contribution < -0.4 is 5.32 Å². The molecular formula is C42H63N5O10. The molecule has 0 aliphatic carbocycles. The largest absolute Gasteiger partial charge is 0.471 e. The van der Waals surface area contributed by atoms with Crippen LogP contribution >= 0.6 is 0 Å². The van der Waals surface area contributed by atoms with Crippen LogP contribution in [0.4, 0.5) is 10.5 Å². The highest BCUT2D eigenvalue weighted by Gasteiger charge is 2.25. The van der Waals surface area contributed by atoms with Gasteiger partial charge in [0, 0.05) is 44.1 Å². The summed E-state index contributed by atoms with van der Waals surface area (Å²) in [7, 11) is 2.65. The van der Waals surface area contributed by atoms with E-state index in [2.05, 4.69) is 24.8 Å².